The van der Waals surface area contributed by atoms with Crippen LogP contribution in [0.15, 0.2) is 42.6 Å². The third kappa shape index (κ3) is 3.40. The maximum atomic E-state index is 14.2. The van der Waals surface area contributed by atoms with E-state index in [0.29, 0.717) is 22.4 Å². The van der Waals surface area contributed by atoms with Crippen LogP contribution in [0.3, 0.4) is 0 Å². The second-order valence-electron chi connectivity index (χ2n) is 7.51. The van der Waals surface area contributed by atoms with Gasteiger partial charge < -0.3 is 15.5 Å². The number of allylic oxidation sites excluding steroid dienone is 1. The number of aromatic nitrogens is 2. The number of halogens is 4. The van der Waals surface area contributed by atoms with Crippen molar-refractivity contribution in [2.24, 2.45) is 0 Å². The normalized spacial score (nSPS) is 22.5. The largest absolute Gasteiger partial charge is 0.506 e. The van der Waals surface area contributed by atoms with Crippen LogP contribution in [0.4, 0.5) is 18.9 Å². The van der Waals surface area contributed by atoms with E-state index in [2.05, 4.69) is 15.3 Å². The first-order valence-electron chi connectivity index (χ1n) is 9.51. The van der Waals surface area contributed by atoms with Gasteiger partial charge in [-0.25, -0.2) is 9.97 Å². The van der Waals surface area contributed by atoms with Gasteiger partial charge in [0.25, 0.3) is 0 Å². The summed E-state index contributed by atoms with van der Waals surface area (Å²) < 4.78 is 42.6. The molecule has 0 fully saturated rings. The monoisotopic (exact) mass is 449 g/mol. The average molecular weight is 450 g/mol. The van der Waals surface area contributed by atoms with Crippen molar-refractivity contribution in [3.63, 3.8) is 0 Å². The molecule has 0 aliphatic heterocycles. The molecule has 3 aromatic rings. The Balaban J connectivity index is 1.95. The van der Waals surface area contributed by atoms with Gasteiger partial charge in [0, 0.05) is 29.3 Å². The zero-order valence-corrected chi connectivity index (χ0v) is 17.4. The molecule has 162 valence electrons. The molecule has 3 N–H and O–H groups in total. The molecule has 0 spiro atoms. The highest BCUT2D eigenvalue weighted by atomic mass is 35.5. The molecule has 31 heavy (non-hydrogen) atoms. The topological polar surface area (TPSA) is 78.3 Å². The predicted molar refractivity (Wildman–Crippen MR) is 113 cm³/mol. The van der Waals surface area contributed by atoms with Crippen molar-refractivity contribution < 1.29 is 23.4 Å². The third-order valence-corrected chi connectivity index (χ3v) is 5.92. The molecule has 0 radical (unpaired) electrons. The van der Waals surface area contributed by atoms with Crippen LogP contribution in [-0.2, 0) is 0 Å². The lowest BCUT2D eigenvalue weighted by molar-refractivity contribution is -0.265. The number of benzene rings is 2. The van der Waals surface area contributed by atoms with Crippen molar-refractivity contribution in [2.45, 2.75) is 38.1 Å². The zero-order chi connectivity index (χ0) is 22.6. The Kier molecular flexibility index (Phi) is 5.10. The summed E-state index contributed by atoms with van der Waals surface area (Å²) in [6.45, 7) is 3.26. The number of nitrogens with one attached hydrogen (secondary N) is 1. The Bertz CT molecular complexity index is 1210. The van der Waals surface area contributed by atoms with Crippen LogP contribution in [0.25, 0.3) is 16.5 Å². The summed E-state index contributed by atoms with van der Waals surface area (Å²) >= 11 is 6.03. The van der Waals surface area contributed by atoms with Crippen molar-refractivity contribution in [2.75, 3.05) is 5.32 Å². The number of phenols is 1. The second kappa shape index (κ2) is 7.39. The molecule has 0 amide bonds. The number of alkyl halides is 3. The third-order valence-electron chi connectivity index (χ3n) is 5.62. The lowest BCUT2D eigenvalue weighted by atomic mass is 9.72. The SMILES string of the molecule is C/C=C1/C[C@](O)(C(F)(F)F)[C@H](Nc2cccc3nc(C)ncc23)c2ccc(Cl)c(O)c21. The number of fused-ring (bicyclic) bond motifs is 2. The molecule has 4 rings (SSSR count). The molecular weight excluding hydrogens is 431 g/mol. The summed E-state index contributed by atoms with van der Waals surface area (Å²) in [5, 5.41) is 24.9. The van der Waals surface area contributed by atoms with Gasteiger partial charge in [-0.15, -0.1) is 0 Å². The van der Waals surface area contributed by atoms with Crippen LogP contribution in [0.1, 0.15) is 36.3 Å². The average Bonchev–Trinajstić information content (AvgIpc) is 2.71. The number of nitrogens with zero attached hydrogens (tertiary/aromatic N) is 2. The minimum Gasteiger partial charge on any atom is -0.506 e. The van der Waals surface area contributed by atoms with E-state index in [4.69, 9.17) is 11.6 Å². The first-order chi connectivity index (χ1) is 14.6. The quantitative estimate of drug-likeness (QED) is 0.478. The number of rotatable bonds is 2. The number of anilines is 1. The number of aromatic hydroxyl groups is 1. The lowest BCUT2D eigenvalue weighted by Gasteiger charge is -2.44. The Labute approximate surface area is 181 Å². The fourth-order valence-electron chi connectivity index (χ4n) is 4.03. The second-order valence-corrected chi connectivity index (χ2v) is 7.91. The van der Waals surface area contributed by atoms with Crippen LogP contribution < -0.4 is 5.32 Å². The smallest absolute Gasteiger partial charge is 0.419 e. The highest BCUT2D eigenvalue weighted by Crippen LogP contribution is 2.55. The van der Waals surface area contributed by atoms with Gasteiger partial charge in [0.15, 0.2) is 5.60 Å². The van der Waals surface area contributed by atoms with Gasteiger partial charge in [-0.2, -0.15) is 13.2 Å². The Morgan fingerprint density at radius 1 is 1.26 bits per heavy atom. The summed E-state index contributed by atoms with van der Waals surface area (Å²) in [7, 11) is 0. The molecule has 2 atom stereocenters. The first kappa shape index (κ1) is 21.4. The molecule has 1 heterocycles. The summed E-state index contributed by atoms with van der Waals surface area (Å²) in [5.74, 6) is 0.205. The number of aliphatic hydroxyl groups is 1. The van der Waals surface area contributed by atoms with Crippen molar-refractivity contribution in [3.8, 4) is 5.75 Å². The van der Waals surface area contributed by atoms with Crippen LogP contribution >= 0.6 is 11.6 Å². The fraction of sp³-hybridized carbons (Fsp3) is 0.273. The highest BCUT2D eigenvalue weighted by molar-refractivity contribution is 6.32. The predicted octanol–water partition coefficient (Wildman–Crippen LogP) is 5.55. The van der Waals surface area contributed by atoms with Crippen LogP contribution in [0.2, 0.25) is 5.02 Å². The van der Waals surface area contributed by atoms with E-state index in [1.165, 1.54) is 24.4 Å². The van der Waals surface area contributed by atoms with Gasteiger partial charge in [-0.1, -0.05) is 29.8 Å². The fourth-order valence-corrected chi connectivity index (χ4v) is 4.19. The molecule has 0 unspecified atom stereocenters. The Morgan fingerprint density at radius 3 is 2.68 bits per heavy atom. The molecule has 9 heteroatoms. The molecule has 0 bridgehead atoms. The maximum absolute atomic E-state index is 14.2. The number of aryl methyl sites for hydroxylation is 1. The van der Waals surface area contributed by atoms with Gasteiger partial charge in [0.2, 0.25) is 0 Å². The van der Waals surface area contributed by atoms with Crippen molar-refractivity contribution in [1.82, 2.24) is 9.97 Å². The van der Waals surface area contributed by atoms with Crippen molar-refractivity contribution in [1.29, 1.82) is 0 Å². The molecule has 0 saturated carbocycles. The number of hydrogen-bond acceptors (Lipinski definition) is 5. The van der Waals surface area contributed by atoms with Crippen LogP contribution in [-0.4, -0.2) is 32.0 Å². The summed E-state index contributed by atoms with van der Waals surface area (Å²) in [5.41, 5.74) is -1.81. The summed E-state index contributed by atoms with van der Waals surface area (Å²) in [6.07, 6.45) is -2.74. The van der Waals surface area contributed by atoms with Crippen LogP contribution in [0.5, 0.6) is 5.75 Å². The summed E-state index contributed by atoms with van der Waals surface area (Å²) in [4.78, 5) is 8.45. The minimum atomic E-state index is -4.95. The molecule has 1 aliphatic carbocycles. The van der Waals surface area contributed by atoms with Gasteiger partial charge in [-0.3, -0.25) is 0 Å². The van der Waals surface area contributed by atoms with Crippen LogP contribution in [0, 0.1) is 6.92 Å². The molecule has 1 aliphatic rings. The maximum Gasteiger partial charge on any atom is 0.419 e. The van der Waals surface area contributed by atoms with E-state index in [9.17, 15) is 23.4 Å². The Hall–Kier alpha value is -2.84. The molecule has 0 saturated heterocycles. The molecule has 5 nitrogen and oxygen atoms in total. The first-order valence-corrected chi connectivity index (χ1v) is 9.89. The summed E-state index contributed by atoms with van der Waals surface area (Å²) in [6, 6.07) is 6.07. The van der Waals surface area contributed by atoms with E-state index in [1.54, 1.807) is 32.0 Å². The number of phenolic OH excluding ortho intramolecular Hbond substituents is 1. The van der Waals surface area contributed by atoms with Gasteiger partial charge in [0.1, 0.15) is 11.6 Å². The van der Waals surface area contributed by atoms with E-state index >= 15 is 0 Å². The van der Waals surface area contributed by atoms with Gasteiger partial charge in [-0.05, 0) is 43.2 Å². The number of hydrogen-bond donors (Lipinski definition) is 3. The highest BCUT2D eigenvalue weighted by Gasteiger charge is 2.61. The zero-order valence-electron chi connectivity index (χ0n) is 16.6. The standard InChI is InChI=1S/C22H19ClF3N3O2/c1-3-12-9-21(31,22(24,25)26)20(13-7-8-15(23)19(30)18(12)13)29-17-6-4-5-16-14(17)10-27-11(2)28-16/h3-8,10,20,29-31H,9H2,1-2H3/b12-3-/t20-,21-/m1/s1. The Morgan fingerprint density at radius 2 is 2.00 bits per heavy atom. The van der Waals surface area contributed by atoms with Crippen molar-refractivity contribution >= 4 is 33.8 Å². The van der Waals surface area contributed by atoms with E-state index in [1.807, 2.05) is 0 Å². The molecule has 1 aromatic heterocycles. The van der Waals surface area contributed by atoms with E-state index < -0.39 is 24.2 Å². The molecular formula is C22H19ClF3N3O2. The molecule has 2 aromatic carbocycles. The van der Waals surface area contributed by atoms with E-state index in [-0.39, 0.29) is 27.5 Å². The van der Waals surface area contributed by atoms with Gasteiger partial charge in [0.05, 0.1) is 16.6 Å². The minimum absolute atomic E-state index is 0.0170. The lowest BCUT2D eigenvalue weighted by Crippen LogP contribution is -2.54. The van der Waals surface area contributed by atoms with E-state index in [0.717, 1.165) is 0 Å². The van der Waals surface area contributed by atoms with Crippen molar-refractivity contribution in [3.05, 3.63) is 64.6 Å². The van der Waals surface area contributed by atoms with Gasteiger partial charge >= 0.3 is 6.18 Å².